The molecule has 0 amide bonds. The van der Waals surface area contributed by atoms with E-state index in [9.17, 15) is 13.2 Å². The second kappa shape index (κ2) is 4.37. The van der Waals surface area contributed by atoms with Gasteiger partial charge in [0.2, 0.25) is 0 Å². The zero-order chi connectivity index (χ0) is 12.5. The molecule has 0 aliphatic carbocycles. The van der Waals surface area contributed by atoms with Gasteiger partial charge in [0, 0.05) is 6.42 Å². The molecular formula is C11H12F3N3. The number of benzene rings is 1. The first-order chi connectivity index (χ1) is 8.00. The second-order valence-electron chi connectivity index (χ2n) is 3.81. The molecule has 0 saturated carbocycles. The molecule has 0 saturated heterocycles. The average molecular weight is 243 g/mol. The zero-order valence-electron chi connectivity index (χ0n) is 9.01. The number of rotatable bonds is 3. The summed E-state index contributed by atoms with van der Waals surface area (Å²) >= 11 is 0. The van der Waals surface area contributed by atoms with Gasteiger partial charge in [-0.05, 0) is 31.2 Å². The minimum absolute atomic E-state index is 0.409. The molecule has 1 aromatic carbocycles. The van der Waals surface area contributed by atoms with E-state index in [0.717, 1.165) is 18.6 Å². The third-order valence-corrected chi connectivity index (χ3v) is 2.48. The number of hydrogen-bond acceptors (Lipinski definition) is 2. The number of aryl methyl sites for hydroxylation is 1. The maximum Gasteiger partial charge on any atom is 0.416 e. The van der Waals surface area contributed by atoms with E-state index in [-0.39, 0.29) is 0 Å². The molecule has 3 N–H and O–H groups in total. The van der Waals surface area contributed by atoms with E-state index in [4.69, 9.17) is 5.73 Å². The molecule has 0 unspecified atom stereocenters. The number of nitrogens with one attached hydrogen (secondary N) is 1. The van der Waals surface area contributed by atoms with Crippen molar-refractivity contribution in [3.8, 4) is 0 Å². The van der Waals surface area contributed by atoms with Crippen LogP contribution in [0.25, 0.3) is 11.0 Å². The quantitative estimate of drug-likeness (QED) is 0.870. The Balaban J connectivity index is 2.34. The van der Waals surface area contributed by atoms with Crippen molar-refractivity contribution in [3.63, 3.8) is 0 Å². The van der Waals surface area contributed by atoms with E-state index in [1.807, 2.05) is 0 Å². The summed E-state index contributed by atoms with van der Waals surface area (Å²) in [5.74, 6) is 0.671. The molecule has 1 heterocycles. The number of aromatic nitrogens is 2. The number of alkyl halides is 3. The molecule has 0 fully saturated rings. The fraction of sp³-hybridized carbons (Fsp3) is 0.364. The fourth-order valence-corrected chi connectivity index (χ4v) is 1.63. The molecular weight excluding hydrogens is 231 g/mol. The Kier molecular flexibility index (Phi) is 3.06. The Morgan fingerprint density at radius 3 is 2.71 bits per heavy atom. The first kappa shape index (κ1) is 11.9. The van der Waals surface area contributed by atoms with Gasteiger partial charge in [-0.15, -0.1) is 0 Å². The second-order valence-corrected chi connectivity index (χ2v) is 3.81. The molecule has 0 atom stereocenters. The molecule has 6 heteroatoms. The van der Waals surface area contributed by atoms with E-state index in [1.165, 1.54) is 6.07 Å². The summed E-state index contributed by atoms with van der Waals surface area (Å²) < 4.78 is 37.4. The number of nitrogens with two attached hydrogens (primary N) is 1. The minimum Gasteiger partial charge on any atom is -0.342 e. The maximum absolute atomic E-state index is 12.5. The minimum atomic E-state index is -4.32. The Labute approximate surface area is 95.8 Å². The van der Waals surface area contributed by atoms with Crippen LogP contribution in [0.1, 0.15) is 17.8 Å². The molecule has 3 nitrogen and oxygen atoms in total. The predicted molar refractivity (Wildman–Crippen MR) is 58.5 cm³/mol. The van der Waals surface area contributed by atoms with Gasteiger partial charge in [-0.3, -0.25) is 0 Å². The lowest BCUT2D eigenvalue weighted by Gasteiger charge is -2.05. The SMILES string of the molecule is NCCCc1nc2ccc(C(F)(F)F)cc2[nH]1. The van der Waals surface area contributed by atoms with Crippen LogP contribution in [0.5, 0.6) is 0 Å². The highest BCUT2D eigenvalue weighted by Gasteiger charge is 2.30. The number of hydrogen-bond donors (Lipinski definition) is 2. The van der Waals surface area contributed by atoms with Crippen molar-refractivity contribution >= 4 is 11.0 Å². The zero-order valence-corrected chi connectivity index (χ0v) is 9.01. The van der Waals surface area contributed by atoms with Crippen LogP contribution in [0, 0.1) is 0 Å². The topological polar surface area (TPSA) is 54.7 Å². The number of imidazole rings is 1. The largest absolute Gasteiger partial charge is 0.416 e. The number of fused-ring (bicyclic) bond motifs is 1. The monoisotopic (exact) mass is 243 g/mol. The third kappa shape index (κ3) is 2.58. The normalized spacial score (nSPS) is 12.2. The van der Waals surface area contributed by atoms with Crippen LogP contribution >= 0.6 is 0 Å². The fourth-order valence-electron chi connectivity index (χ4n) is 1.63. The molecule has 0 bridgehead atoms. The van der Waals surface area contributed by atoms with Crippen LogP contribution in [0.4, 0.5) is 13.2 Å². The lowest BCUT2D eigenvalue weighted by Crippen LogP contribution is -2.04. The highest BCUT2D eigenvalue weighted by atomic mass is 19.4. The van der Waals surface area contributed by atoms with Gasteiger partial charge in [0.1, 0.15) is 5.82 Å². The lowest BCUT2D eigenvalue weighted by atomic mass is 10.2. The Bertz CT molecular complexity index is 516. The van der Waals surface area contributed by atoms with E-state index in [2.05, 4.69) is 9.97 Å². The summed E-state index contributed by atoms with van der Waals surface area (Å²) in [5, 5.41) is 0. The molecule has 0 spiro atoms. The van der Waals surface area contributed by atoms with Gasteiger partial charge in [0.15, 0.2) is 0 Å². The van der Waals surface area contributed by atoms with Crippen LogP contribution in [0.3, 0.4) is 0 Å². The van der Waals surface area contributed by atoms with Crippen molar-refractivity contribution in [1.29, 1.82) is 0 Å². The van der Waals surface area contributed by atoms with Crippen molar-refractivity contribution in [1.82, 2.24) is 9.97 Å². The molecule has 1 aromatic heterocycles. The van der Waals surface area contributed by atoms with Gasteiger partial charge in [0.05, 0.1) is 16.6 Å². The first-order valence-corrected chi connectivity index (χ1v) is 5.26. The number of nitrogens with zero attached hydrogens (tertiary/aromatic N) is 1. The Hall–Kier alpha value is -1.56. The van der Waals surface area contributed by atoms with Gasteiger partial charge in [-0.2, -0.15) is 13.2 Å². The van der Waals surface area contributed by atoms with Crippen molar-refractivity contribution in [3.05, 3.63) is 29.6 Å². The summed E-state index contributed by atoms with van der Waals surface area (Å²) in [7, 11) is 0. The van der Waals surface area contributed by atoms with E-state index >= 15 is 0 Å². The third-order valence-electron chi connectivity index (χ3n) is 2.48. The van der Waals surface area contributed by atoms with Crippen LogP contribution in [-0.4, -0.2) is 16.5 Å². The Morgan fingerprint density at radius 1 is 1.29 bits per heavy atom. The highest BCUT2D eigenvalue weighted by molar-refractivity contribution is 5.76. The van der Waals surface area contributed by atoms with Crippen molar-refractivity contribution < 1.29 is 13.2 Å². The first-order valence-electron chi connectivity index (χ1n) is 5.26. The van der Waals surface area contributed by atoms with Gasteiger partial charge in [-0.25, -0.2) is 4.98 Å². The molecule has 2 aromatic rings. The van der Waals surface area contributed by atoms with Gasteiger partial charge >= 0.3 is 6.18 Å². The number of halogens is 3. The van der Waals surface area contributed by atoms with Crippen molar-refractivity contribution in [2.24, 2.45) is 5.73 Å². The molecule has 0 aliphatic rings. The highest BCUT2D eigenvalue weighted by Crippen LogP contribution is 2.30. The predicted octanol–water partition coefficient (Wildman–Crippen LogP) is 2.47. The van der Waals surface area contributed by atoms with Gasteiger partial charge < -0.3 is 10.7 Å². The molecule has 17 heavy (non-hydrogen) atoms. The average Bonchev–Trinajstić information content (AvgIpc) is 2.66. The van der Waals surface area contributed by atoms with E-state index in [1.54, 1.807) is 0 Å². The summed E-state index contributed by atoms with van der Waals surface area (Å²) in [6.45, 7) is 0.533. The van der Waals surface area contributed by atoms with Crippen LogP contribution in [0.2, 0.25) is 0 Å². The summed E-state index contributed by atoms with van der Waals surface area (Å²) in [6, 6.07) is 3.49. The number of H-pyrrole nitrogens is 1. The molecule has 0 aliphatic heterocycles. The number of aromatic amines is 1. The van der Waals surface area contributed by atoms with Crippen LogP contribution < -0.4 is 5.73 Å². The summed E-state index contributed by atoms with van der Waals surface area (Å²) in [4.78, 5) is 7.07. The smallest absolute Gasteiger partial charge is 0.342 e. The van der Waals surface area contributed by atoms with E-state index < -0.39 is 11.7 Å². The standard InChI is InChI=1S/C11H12F3N3/c12-11(13,14)7-3-4-8-9(6-7)17-10(16-8)2-1-5-15/h3-4,6H,1-2,5,15H2,(H,16,17). The molecule has 92 valence electrons. The van der Waals surface area contributed by atoms with Crippen LogP contribution in [-0.2, 0) is 12.6 Å². The summed E-state index contributed by atoms with van der Waals surface area (Å²) in [6.07, 6.45) is -2.92. The maximum atomic E-state index is 12.5. The van der Waals surface area contributed by atoms with Gasteiger partial charge in [0.25, 0.3) is 0 Å². The van der Waals surface area contributed by atoms with Gasteiger partial charge in [-0.1, -0.05) is 0 Å². The van der Waals surface area contributed by atoms with Crippen molar-refractivity contribution in [2.45, 2.75) is 19.0 Å². The summed E-state index contributed by atoms with van der Waals surface area (Å²) in [5.41, 5.74) is 5.65. The lowest BCUT2D eigenvalue weighted by molar-refractivity contribution is -0.137. The Morgan fingerprint density at radius 2 is 2.06 bits per heavy atom. The van der Waals surface area contributed by atoms with Crippen LogP contribution in [0.15, 0.2) is 18.2 Å². The molecule has 2 rings (SSSR count). The molecule has 0 radical (unpaired) electrons. The van der Waals surface area contributed by atoms with Crippen molar-refractivity contribution in [2.75, 3.05) is 6.54 Å². The van der Waals surface area contributed by atoms with E-state index in [0.29, 0.717) is 29.8 Å².